The van der Waals surface area contributed by atoms with Crippen LogP contribution in [0.15, 0.2) is 12.5 Å². The standard InChI is InChI=1S/C16H27N3S/c1-15(8-9-17-11-15)14-10-18-13-19(14)12-16(20-2)6-4-3-5-7-16/h10,13,17H,3-9,11-12H2,1-2H3. The largest absolute Gasteiger partial charge is 0.333 e. The number of thioether (sulfide) groups is 1. The fraction of sp³-hybridized carbons (Fsp3) is 0.812. The molecule has 3 nitrogen and oxygen atoms in total. The first-order valence-corrected chi connectivity index (χ1v) is 9.17. The van der Waals surface area contributed by atoms with Gasteiger partial charge >= 0.3 is 0 Å². The molecule has 1 saturated heterocycles. The zero-order valence-corrected chi connectivity index (χ0v) is 13.6. The number of hydrogen-bond donors (Lipinski definition) is 1. The summed E-state index contributed by atoms with van der Waals surface area (Å²) >= 11 is 2.08. The molecule has 1 saturated carbocycles. The van der Waals surface area contributed by atoms with Crippen LogP contribution in [-0.2, 0) is 12.0 Å². The summed E-state index contributed by atoms with van der Waals surface area (Å²) in [5.41, 5.74) is 1.70. The van der Waals surface area contributed by atoms with E-state index in [0.29, 0.717) is 4.75 Å². The first kappa shape index (κ1) is 14.5. The molecule has 0 radical (unpaired) electrons. The Morgan fingerprint density at radius 3 is 2.75 bits per heavy atom. The van der Waals surface area contributed by atoms with Crippen molar-refractivity contribution in [3.05, 3.63) is 18.2 Å². The van der Waals surface area contributed by atoms with Gasteiger partial charge in [0.15, 0.2) is 0 Å². The van der Waals surface area contributed by atoms with Crippen molar-refractivity contribution in [1.29, 1.82) is 0 Å². The van der Waals surface area contributed by atoms with E-state index >= 15 is 0 Å². The number of imidazole rings is 1. The van der Waals surface area contributed by atoms with E-state index in [1.165, 1.54) is 44.2 Å². The van der Waals surface area contributed by atoms with E-state index in [1.54, 1.807) is 0 Å². The summed E-state index contributed by atoms with van der Waals surface area (Å²) in [5, 5.41) is 3.51. The van der Waals surface area contributed by atoms with E-state index in [1.807, 2.05) is 0 Å². The second-order valence-electron chi connectivity index (χ2n) is 6.84. The lowest BCUT2D eigenvalue weighted by molar-refractivity contribution is 0.345. The third-order valence-corrected chi connectivity index (χ3v) is 6.76. The molecule has 2 heterocycles. The topological polar surface area (TPSA) is 29.9 Å². The molecule has 112 valence electrons. The molecule has 1 aliphatic carbocycles. The summed E-state index contributed by atoms with van der Waals surface area (Å²) in [6.45, 7) is 5.74. The van der Waals surface area contributed by atoms with Crippen LogP contribution in [0, 0.1) is 0 Å². The lowest BCUT2D eigenvalue weighted by atomic mass is 9.85. The molecule has 1 aromatic heterocycles. The smallest absolute Gasteiger partial charge is 0.0948 e. The summed E-state index contributed by atoms with van der Waals surface area (Å²) < 4.78 is 2.89. The molecular weight excluding hydrogens is 266 g/mol. The Kier molecular flexibility index (Phi) is 4.14. The molecule has 3 rings (SSSR count). The highest BCUT2D eigenvalue weighted by atomic mass is 32.2. The van der Waals surface area contributed by atoms with Crippen molar-refractivity contribution in [1.82, 2.24) is 14.9 Å². The van der Waals surface area contributed by atoms with E-state index in [9.17, 15) is 0 Å². The van der Waals surface area contributed by atoms with E-state index in [2.05, 4.69) is 52.3 Å². The van der Waals surface area contributed by atoms with Crippen LogP contribution in [-0.4, -0.2) is 33.6 Å². The van der Waals surface area contributed by atoms with Crippen molar-refractivity contribution in [2.45, 2.75) is 62.2 Å². The zero-order valence-electron chi connectivity index (χ0n) is 12.8. The average Bonchev–Trinajstić information content (AvgIpc) is 3.10. The molecule has 0 spiro atoms. The van der Waals surface area contributed by atoms with Crippen LogP contribution in [0.4, 0.5) is 0 Å². The number of nitrogens with one attached hydrogen (secondary N) is 1. The van der Waals surface area contributed by atoms with Crippen molar-refractivity contribution in [2.24, 2.45) is 0 Å². The molecule has 2 aliphatic rings. The summed E-state index contributed by atoms with van der Waals surface area (Å²) in [6, 6.07) is 0. The SMILES string of the molecule is CSC1(Cn2cncc2C2(C)CCNC2)CCCCC1. The molecule has 1 unspecified atom stereocenters. The second-order valence-corrected chi connectivity index (χ2v) is 8.12. The van der Waals surface area contributed by atoms with Crippen LogP contribution < -0.4 is 5.32 Å². The Balaban J connectivity index is 1.82. The first-order valence-electron chi connectivity index (χ1n) is 7.94. The van der Waals surface area contributed by atoms with Crippen LogP contribution in [0.2, 0.25) is 0 Å². The zero-order chi connectivity index (χ0) is 14.1. The third kappa shape index (κ3) is 2.64. The van der Waals surface area contributed by atoms with Gasteiger partial charge in [0.05, 0.1) is 6.33 Å². The highest BCUT2D eigenvalue weighted by Gasteiger charge is 2.36. The molecule has 0 amide bonds. The van der Waals surface area contributed by atoms with Crippen molar-refractivity contribution in [3.63, 3.8) is 0 Å². The minimum atomic E-state index is 0.269. The Labute approximate surface area is 126 Å². The Hall–Kier alpha value is -0.480. The van der Waals surface area contributed by atoms with Crippen molar-refractivity contribution in [3.8, 4) is 0 Å². The summed E-state index contributed by atoms with van der Waals surface area (Å²) in [6.07, 6.45) is 14.6. The Morgan fingerprint density at radius 2 is 2.10 bits per heavy atom. The van der Waals surface area contributed by atoms with E-state index in [4.69, 9.17) is 0 Å². The molecule has 20 heavy (non-hydrogen) atoms. The van der Waals surface area contributed by atoms with Gasteiger partial charge in [-0.05, 0) is 32.1 Å². The first-order chi connectivity index (χ1) is 9.68. The number of hydrogen-bond acceptors (Lipinski definition) is 3. The van der Waals surface area contributed by atoms with Gasteiger partial charge in [0, 0.05) is 35.1 Å². The van der Waals surface area contributed by atoms with Gasteiger partial charge in [0.1, 0.15) is 0 Å². The molecule has 0 aromatic carbocycles. The fourth-order valence-corrected chi connectivity index (χ4v) is 4.88. The predicted molar refractivity (Wildman–Crippen MR) is 86.4 cm³/mol. The lowest BCUT2D eigenvalue weighted by Crippen LogP contribution is -2.36. The normalized spacial score (nSPS) is 29.7. The number of nitrogens with zero attached hydrogens (tertiary/aromatic N) is 2. The Morgan fingerprint density at radius 1 is 1.30 bits per heavy atom. The monoisotopic (exact) mass is 293 g/mol. The number of aromatic nitrogens is 2. The quantitative estimate of drug-likeness (QED) is 0.924. The molecule has 2 fully saturated rings. The Bertz CT molecular complexity index is 442. The summed E-state index contributed by atoms with van der Waals surface area (Å²) in [4.78, 5) is 4.47. The molecule has 1 aromatic rings. The van der Waals surface area contributed by atoms with Crippen LogP contribution in [0.5, 0.6) is 0 Å². The van der Waals surface area contributed by atoms with E-state index < -0.39 is 0 Å². The van der Waals surface area contributed by atoms with Crippen LogP contribution in [0.25, 0.3) is 0 Å². The molecule has 1 atom stereocenters. The van der Waals surface area contributed by atoms with Crippen molar-refractivity contribution in [2.75, 3.05) is 19.3 Å². The maximum atomic E-state index is 4.47. The molecule has 1 aliphatic heterocycles. The fourth-order valence-electron chi connectivity index (χ4n) is 3.92. The molecular formula is C16H27N3S. The predicted octanol–water partition coefficient (Wildman–Crippen LogP) is 3.20. The maximum absolute atomic E-state index is 4.47. The minimum absolute atomic E-state index is 0.269. The van der Waals surface area contributed by atoms with E-state index in [-0.39, 0.29) is 5.41 Å². The van der Waals surface area contributed by atoms with Crippen LogP contribution in [0.1, 0.15) is 51.1 Å². The van der Waals surface area contributed by atoms with E-state index in [0.717, 1.165) is 19.6 Å². The summed E-state index contributed by atoms with van der Waals surface area (Å²) in [5.74, 6) is 0. The van der Waals surface area contributed by atoms with Crippen molar-refractivity contribution >= 4 is 11.8 Å². The molecule has 4 heteroatoms. The molecule has 1 N–H and O–H groups in total. The third-order valence-electron chi connectivity index (χ3n) is 5.36. The highest BCUT2D eigenvalue weighted by molar-refractivity contribution is 8.00. The highest BCUT2D eigenvalue weighted by Crippen LogP contribution is 2.41. The van der Waals surface area contributed by atoms with Gasteiger partial charge in [0.25, 0.3) is 0 Å². The van der Waals surface area contributed by atoms with Crippen molar-refractivity contribution < 1.29 is 0 Å². The minimum Gasteiger partial charge on any atom is -0.333 e. The van der Waals surface area contributed by atoms with Gasteiger partial charge in [-0.2, -0.15) is 11.8 Å². The van der Waals surface area contributed by atoms with Gasteiger partial charge in [0.2, 0.25) is 0 Å². The maximum Gasteiger partial charge on any atom is 0.0948 e. The molecule has 0 bridgehead atoms. The van der Waals surface area contributed by atoms with Gasteiger partial charge in [-0.3, -0.25) is 0 Å². The average molecular weight is 293 g/mol. The van der Waals surface area contributed by atoms with Gasteiger partial charge < -0.3 is 9.88 Å². The van der Waals surface area contributed by atoms with Crippen LogP contribution >= 0.6 is 11.8 Å². The van der Waals surface area contributed by atoms with Crippen LogP contribution in [0.3, 0.4) is 0 Å². The van der Waals surface area contributed by atoms with Gasteiger partial charge in [-0.1, -0.05) is 26.2 Å². The second kappa shape index (κ2) is 5.72. The number of rotatable bonds is 4. The van der Waals surface area contributed by atoms with Gasteiger partial charge in [-0.15, -0.1) is 0 Å². The van der Waals surface area contributed by atoms with Gasteiger partial charge in [-0.25, -0.2) is 4.98 Å². The lowest BCUT2D eigenvalue weighted by Gasteiger charge is -2.37. The summed E-state index contributed by atoms with van der Waals surface area (Å²) in [7, 11) is 0.